The first-order valence-corrected chi connectivity index (χ1v) is 6.29. The molecule has 88 valence electrons. The van der Waals surface area contributed by atoms with Gasteiger partial charge in [0.05, 0.1) is 6.10 Å². The van der Waals surface area contributed by atoms with Crippen LogP contribution in [0, 0.1) is 0 Å². The summed E-state index contributed by atoms with van der Waals surface area (Å²) in [7, 11) is 0. The Labute approximate surface area is 97.9 Å². The third-order valence-electron chi connectivity index (χ3n) is 3.28. The molecule has 1 saturated heterocycles. The highest BCUT2D eigenvalue weighted by Gasteiger charge is 2.18. The first-order chi connectivity index (χ1) is 7.84. The Hall–Kier alpha value is -0.860. The highest BCUT2D eigenvalue weighted by atomic mass is 16.3. The summed E-state index contributed by atoms with van der Waals surface area (Å²) in [4.78, 5) is 2.37. The molecule has 1 atom stereocenters. The number of aliphatic hydroxyl groups is 1. The molecule has 1 aliphatic rings. The van der Waals surface area contributed by atoms with E-state index < -0.39 is 0 Å². The molecule has 0 saturated carbocycles. The van der Waals surface area contributed by atoms with Crippen LogP contribution in [0.2, 0.25) is 0 Å². The molecule has 1 heterocycles. The van der Waals surface area contributed by atoms with Crippen LogP contribution in [0.25, 0.3) is 0 Å². The second-order valence-corrected chi connectivity index (χ2v) is 4.69. The Morgan fingerprint density at radius 2 is 2.00 bits per heavy atom. The van der Waals surface area contributed by atoms with Gasteiger partial charge in [0.1, 0.15) is 0 Å². The van der Waals surface area contributed by atoms with Gasteiger partial charge in [-0.15, -0.1) is 0 Å². The maximum absolute atomic E-state index is 9.39. The van der Waals surface area contributed by atoms with E-state index in [1.54, 1.807) is 0 Å². The minimum Gasteiger partial charge on any atom is -0.392 e. The van der Waals surface area contributed by atoms with Crippen LogP contribution in [0.15, 0.2) is 30.3 Å². The van der Waals surface area contributed by atoms with Gasteiger partial charge in [0, 0.05) is 13.1 Å². The molecule has 16 heavy (non-hydrogen) atoms. The Balaban J connectivity index is 1.59. The number of hydrogen-bond donors (Lipinski definition) is 1. The highest BCUT2D eigenvalue weighted by molar-refractivity contribution is 5.14. The van der Waals surface area contributed by atoms with Crippen molar-refractivity contribution in [1.82, 2.24) is 4.90 Å². The summed E-state index contributed by atoms with van der Waals surface area (Å²) in [6.07, 6.45) is 4.54. The van der Waals surface area contributed by atoms with E-state index >= 15 is 0 Å². The van der Waals surface area contributed by atoms with Crippen LogP contribution in [0.4, 0.5) is 0 Å². The molecule has 1 N–H and O–H groups in total. The van der Waals surface area contributed by atoms with Crippen LogP contribution < -0.4 is 0 Å². The lowest BCUT2D eigenvalue weighted by Crippen LogP contribution is -2.23. The van der Waals surface area contributed by atoms with Crippen LogP contribution in [0.5, 0.6) is 0 Å². The van der Waals surface area contributed by atoms with E-state index in [9.17, 15) is 5.11 Å². The second kappa shape index (κ2) is 6.02. The molecule has 1 aromatic rings. The van der Waals surface area contributed by atoms with Gasteiger partial charge in [-0.3, -0.25) is 0 Å². The molecule has 2 nitrogen and oxygen atoms in total. The van der Waals surface area contributed by atoms with Gasteiger partial charge in [-0.1, -0.05) is 30.3 Å². The van der Waals surface area contributed by atoms with Crippen molar-refractivity contribution < 1.29 is 5.11 Å². The normalized spacial score (nSPS) is 21.4. The van der Waals surface area contributed by atoms with Crippen LogP contribution in [-0.2, 0) is 6.42 Å². The van der Waals surface area contributed by atoms with E-state index in [2.05, 4.69) is 35.2 Å². The molecule has 1 aromatic carbocycles. The quantitative estimate of drug-likeness (QED) is 0.766. The summed E-state index contributed by atoms with van der Waals surface area (Å²) in [6, 6.07) is 10.7. The zero-order valence-electron chi connectivity index (χ0n) is 9.81. The number of likely N-dealkylation sites (tertiary alicyclic amines) is 1. The Morgan fingerprint density at radius 1 is 1.19 bits per heavy atom. The first-order valence-electron chi connectivity index (χ1n) is 6.29. The predicted molar refractivity (Wildman–Crippen MR) is 66.4 cm³/mol. The van der Waals surface area contributed by atoms with Crippen LogP contribution in [-0.4, -0.2) is 35.7 Å². The summed E-state index contributed by atoms with van der Waals surface area (Å²) < 4.78 is 0. The third kappa shape index (κ3) is 3.62. The second-order valence-electron chi connectivity index (χ2n) is 4.69. The summed E-state index contributed by atoms with van der Waals surface area (Å²) >= 11 is 0. The van der Waals surface area contributed by atoms with Crippen molar-refractivity contribution in [3.63, 3.8) is 0 Å². The van der Waals surface area contributed by atoms with Gasteiger partial charge in [0.25, 0.3) is 0 Å². The fourth-order valence-corrected chi connectivity index (χ4v) is 2.32. The lowest BCUT2D eigenvalue weighted by atomic mass is 10.1. The number of aliphatic hydroxyl groups excluding tert-OH is 1. The zero-order valence-corrected chi connectivity index (χ0v) is 9.81. The van der Waals surface area contributed by atoms with E-state index in [0.29, 0.717) is 0 Å². The molecule has 0 amide bonds. The standard InChI is InChI=1S/C14H21NO/c16-14-9-11-15(12-14)10-5-4-8-13-6-2-1-3-7-13/h1-3,6-7,14,16H,4-5,8-12H2/t14-/m0/s1. The third-order valence-corrected chi connectivity index (χ3v) is 3.28. The van der Waals surface area contributed by atoms with E-state index in [1.807, 2.05) is 0 Å². The number of rotatable bonds is 5. The molecular weight excluding hydrogens is 198 g/mol. The molecule has 0 spiro atoms. The molecule has 0 unspecified atom stereocenters. The van der Waals surface area contributed by atoms with Crippen LogP contribution in [0.3, 0.4) is 0 Å². The minimum atomic E-state index is -0.0749. The van der Waals surface area contributed by atoms with Crippen molar-refractivity contribution in [1.29, 1.82) is 0 Å². The molecular formula is C14H21NO. The number of β-amino-alcohol motifs (C(OH)–C–C–N with tert-alkyl or cyclic N) is 1. The summed E-state index contributed by atoms with van der Waals surface area (Å²) in [5.74, 6) is 0. The highest BCUT2D eigenvalue weighted by Crippen LogP contribution is 2.11. The molecule has 1 fully saturated rings. The van der Waals surface area contributed by atoms with Gasteiger partial charge in [-0.2, -0.15) is 0 Å². The molecule has 0 aromatic heterocycles. The average Bonchev–Trinajstić information content (AvgIpc) is 2.72. The predicted octanol–water partition coefficient (Wildman–Crippen LogP) is 2.08. The average molecular weight is 219 g/mol. The van der Waals surface area contributed by atoms with Gasteiger partial charge in [-0.25, -0.2) is 0 Å². The van der Waals surface area contributed by atoms with Crippen molar-refractivity contribution in [3.8, 4) is 0 Å². The number of aryl methyl sites for hydroxylation is 1. The maximum Gasteiger partial charge on any atom is 0.0679 e. The fraction of sp³-hybridized carbons (Fsp3) is 0.571. The number of nitrogens with zero attached hydrogens (tertiary/aromatic N) is 1. The smallest absolute Gasteiger partial charge is 0.0679 e. The van der Waals surface area contributed by atoms with Crippen LogP contribution >= 0.6 is 0 Å². The first kappa shape index (κ1) is 11.6. The molecule has 2 rings (SSSR count). The fourth-order valence-electron chi connectivity index (χ4n) is 2.32. The van der Waals surface area contributed by atoms with E-state index in [-0.39, 0.29) is 6.10 Å². The van der Waals surface area contributed by atoms with Gasteiger partial charge >= 0.3 is 0 Å². The van der Waals surface area contributed by atoms with Crippen LogP contribution in [0.1, 0.15) is 24.8 Å². The molecule has 0 radical (unpaired) electrons. The number of hydrogen-bond acceptors (Lipinski definition) is 2. The van der Waals surface area contributed by atoms with E-state index in [0.717, 1.165) is 26.1 Å². The van der Waals surface area contributed by atoms with Gasteiger partial charge in [-0.05, 0) is 37.8 Å². The molecule has 2 heteroatoms. The minimum absolute atomic E-state index is 0.0749. The van der Waals surface area contributed by atoms with Crippen molar-refractivity contribution in [2.24, 2.45) is 0 Å². The Kier molecular flexibility index (Phi) is 4.37. The lowest BCUT2D eigenvalue weighted by Gasteiger charge is -2.14. The molecule has 0 aliphatic carbocycles. The number of unbranched alkanes of at least 4 members (excludes halogenated alkanes) is 1. The largest absolute Gasteiger partial charge is 0.392 e. The van der Waals surface area contributed by atoms with Crippen molar-refractivity contribution in [2.75, 3.05) is 19.6 Å². The van der Waals surface area contributed by atoms with Gasteiger partial charge in [0.15, 0.2) is 0 Å². The molecule has 0 bridgehead atoms. The van der Waals surface area contributed by atoms with E-state index in [4.69, 9.17) is 0 Å². The van der Waals surface area contributed by atoms with Gasteiger partial charge in [0.2, 0.25) is 0 Å². The number of benzene rings is 1. The SMILES string of the molecule is O[C@H]1CCN(CCCCc2ccccc2)C1. The Bertz CT molecular complexity index is 299. The van der Waals surface area contributed by atoms with E-state index in [1.165, 1.54) is 24.8 Å². The van der Waals surface area contributed by atoms with Crippen molar-refractivity contribution in [2.45, 2.75) is 31.8 Å². The van der Waals surface area contributed by atoms with Gasteiger partial charge < -0.3 is 10.0 Å². The van der Waals surface area contributed by atoms with Crippen molar-refractivity contribution >= 4 is 0 Å². The maximum atomic E-state index is 9.39. The topological polar surface area (TPSA) is 23.5 Å². The summed E-state index contributed by atoms with van der Waals surface area (Å²) in [5, 5.41) is 9.39. The summed E-state index contributed by atoms with van der Waals surface area (Å²) in [5.41, 5.74) is 1.43. The zero-order chi connectivity index (χ0) is 11.2. The summed E-state index contributed by atoms with van der Waals surface area (Å²) in [6.45, 7) is 3.10. The molecule has 1 aliphatic heterocycles. The monoisotopic (exact) mass is 219 g/mol. The van der Waals surface area contributed by atoms with Crippen molar-refractivity contribution in [3.05, 3.63) is 35.9 Å². The Morgan fingerprint density at radius 3 is 2.69 bits per heavy atom. The lowest BCUT2D eigenvalue weighted by molar-refractivity contribution is 0.176.